The zero-order valence-corrected chi connectivity index (χ0v) is 15.1. The average Bonchev–Trinajstić information content (AvgIpc) is 3.07. The van der Waals surface area contributed by atoms with Crippen LogP contribution in [0.4, 0.5) is 21.6 Å². The molecule has 0 aliphatic rings. The highest BCUT2D eigenvalue weighted by Crippen LogP contribution is 2.32. The molecule has 2 heterocycles. The van der Waals surface area contributed by atoms with Crippen molar-refractivity contribution in [1.82, 2.24) is 19.5 Å². The molecule has 4 aromatic rings. The second-order valence-electron chi connectivity index (χ2n) is 5.50. The largest absolute Gasteiger partial charge is 0.354 e. The molecule has 0 atom stereocenters. The van der Waals surface area contributed by atoms with Crippen molar-refractivity contribution in [2.75, 3.05) is 5.32 Å². The highest BCUT2D eigenvalue weighted by Gasteiger charge is 2.26. The molecule has 0 radical (unpaired) electrons. The van der Waals surface area contributed by atoms with E-state index in [-0.39, 0.29) is 23.0 Å². The lowest BCUT2D eigenvalue weighted by Crippen LogP contribution is -2.07. The van der Waals surface area contributed by atoms with Crippen LogP contribution in [0.15, 0.2) is 59.6 Å². The predicted molar refractivity (Wildman–Crippen MR) is 101 cm³/mol. The number of anilines is 2. The summed E-state index contributed by atoms with van der Waals surface area (Å²) < 4.78 is 16.2. The van der Waals surface area contributed by atoms with Crippen LogP contribution in [0.3, 0.4) is 0 Å². The van der Waals surface area contributed by atoms with Crippen LogP contribution in [0.2, 0.25) is 0 Å². The van der Waals surface area contributed by atoms with Gasteiger partial charge in [0.05, 0.1) is 21.6 Å². The first-order valence-electron chi connectivity index (χ1n) is 7.68. The van der Waals surface area contributed by atoms with Crippen molar-refractivity contribution < 1.29 is 9.31 Å². The zero-order valence-electron chi connectivity index (χ0n) is 13.5. The molecule has 1 N–H and O–H groups in total. The summed E-state index contributed by atoms with van der Waals surface area (Å²) in [6.07, 6.45) is 2.63. The quantitative estimate of drug-likeness (QED) is 0.382. The van der Waals surface area contributed by atoms with Gasteiger partial charge in [-0.2, -0.15) is 0 Å². The minimum absolute atomic E-state index is 0.0312. The first-order chi connectivity index (χ1) is 13.0. The minimum atomic E-state index is -0.608. The third kappa shape index (κ3) is 3.10. The van der Waals surface area contributed by atoms with Crippen molar-refractivity contribution >= 4 is 44.2 Å². The maximum absolute atomic E-state index is 14.1. The molecule has 4 rings (SSSR count). The van der Waals surface area contributed by atoms with E-state index in [1.165, 1.54) is 29.4 Å². The van der Waals surface area contributed by atoms with Crippen molar-refractivity contribution in [3.8, 4) is 5.82 Å². The van der Waals surface area contributed by atoms with E-state index in [1.54, 1.807) is 24.3 Å². The monoisotopic (exact) mass is 428 g/mol. The summed E-state index contributed by atoms with van der Waals surface area (Å²) in [6, 6.07) is 11.5. The molecular weight excluding hydrogens is 419 g/mol. The van der Waals surface area contributed by atoms with Crippen molar-refractivity contribution in [3.05, 3.63) is 75.5 Å². The summed E-state index contributed by atoms with van der Waals surface area (Å²) in [5, 5.41) is 14.4. The van der Waals surface area contributed by atoms with Crippen molar-refractivity contribution in [2.24, 2.45) is 0 Å². The van der Waals surface area contributed by atoms with Gasteiger partial charge >= 0.3 is 5.69 Å². The van der Waals surface area contributed by atoms with Crippen LogP contribution in [0, 0.1) is 15.9 Å². The lowest BCUT2D eigenvalue weighted by molar-refractivity contribution is -0.384. The summed E-state index contributed by atoms with van der Waals surface area (Å²) in [4.78, 5) is 23.4. The summed E-state index contributed by atoms with van der Waals surface area (Å²) in [5.41, 5.74) is 0.989. The molecule has 2 aromatic carbocycles. The van der Waals surface area contributed by atoms with Gasteiger partial charge in [-0.05, 0) is 30.3 Å². The molecule has 10 heteroatoms. The average molecular weight is 429 g/mol. The van der Waals surface area contributed by atoms with Crippen LogP contribution in [0.25, 0.3) is 16.9 Å². The number of imidazole rings is 1. The number of benzene rings is 2. The first-order valence-corrected chi connectivity index (χ1v) is 8.48. The second kappa shape index (κ2) is 6.72. The summed E-state index contributed by atoms with van der Waals surface area (Å²) in [5.74, 6) is -0.667. The van der Waals surface area contributed by atoms with Gasteiger partial charge in [0, 0.05) is 4.47 Å². The van der Waals surface area contributed by atoms with Gasteiger partial charge in [0.1, 0.15) is 18.5 Å². The van der Waals surface area contributed by atoms with E-state index in [1.807, 2.05) is 6.07 Å². The molecule has 134 valence electrons. The van der Waals surface area contributed by atoms with Crippen molar-refractivity contribution in [3.63, 3.8) is 0 Å². The number of halogens is 2. The normalized spacial score (nSPS) is 10.9. The fourth-order valence-electron chi connectivity index (χ4n) is 2.65. The van der Waals surface area contributed by atoms with Crippen molar-refractivity contribution in [2.45, 2.75) is 0 Å². The lowest BCUT2D eigenvalue weighted by Gasteiger charge is -2.10. The Hall–Kier alpha value is -3.40. The highest BCUT2D eigenvalue weighted by molar-refractivity contribution is 9.10. The van der Waals surface area contributed by atoms with E-state index in [9.17, 15) is 14.5 Å². The molecule has 0 bridgehead atoms. The smallest absolute Gasteiger partial charge is 0.332 e. The molecule has 0 aliphatic heterocycles. The highest BCUT2D eigenvalue weighted by atomic mass is 79.9. The van der Waals surface area contributed by atoms with E-state index in [0.717, 1.165) is 0 Å². The van der Waals surface area contributed by atoms with Crippen LogP contribution >= 0.6 is 15.9 Å². The van der Waals surface area contributed by atoms with Gasteiger partial charge in [-0.15, -0.1) is 0 Å². The first kappa shape index (κ1) is 17.0. The number of rotatable bonds is 4. The van der Waals surface area contributed by atoms with Gasteiger partial charge in [0.25, 0.3) is 0 Å². The summed E-state index contributed by atoms with van der Waals surface area (Å²) in [6.45, 7) is 0. The maximum atomic E-state index is 14.1. The Kier molecular flexibility index (Phi) is 4.24. The van der Waals surface area contributed by atoms with Gasteiger partial charge in [0.15, 0.2) is 0 Å². The second-order valence-corrected chi connectivity index (χ2v) is 6.42. The van der Waals surface area contributed by atoms with Crippen LogP contribution in [-0.4, -0.2) is 24.4 Å². The zero-order chi connectivity index (χ0) is 19.0. The van der Waals surface area contributed by atoms with E-state index in [2.05, 4.69) is 36.2 Å². The predicted octanol–water partition coefficient (Wildman–Crippen LogP) is 4.37. The third-order valence-corrected chi connectivity index (χ3v) is 4.34. The van der Waals surface area contributed by atoms with Gasteiger partial charge < -0.3 is 5.32 Å². The Morgan fingerprint density at radius 2 is 1.96 bits per heavy atom. The molecule has 0 fully saturated rings. The molecule has 0 unspecified atom stereocenters. The fraction of sp³-hybridized carbons (Fsp3) is 0. The van der Waals surface area contributed by atoms with Crippen LogP contribution in [-0.2, 0) is 0 Å². The van der Waals surface area contributed by atoms with Crippen LogP contribution in [0.1, 0.15) is 0 Å². The molecule has 0 amide bonds. The topological polar surface area (TPSA) is 98.8 Å². The Labute approximate surface area is 160 Å². The van der Waals surface area contributed by atoms with Crippen molar-refractivity contribution in [1.29, 1.82) is 0 Å². The Balaban J connectivity index is 1.87. The molecule has 0 aliphatic carbocycles. The number of fused-ring (bicyclic) bond motifs is 1. The number of hydrogen-bond donors (Lipinski definition) is 1. The van der Waals surface area contributed by atoms with Crippen LogP contribution < -0.4 is 5.32 Å². The van der Waals surface area contributed by atoms with E-state index < -0.39 is 10.7 Å². The van der Waals surface area contributed by atoms with Gasteiger partial charge in [-0.3, -0.25) is 14.7 Å². The number of aromatic nitrogens is 4. The maximum Gasteiger partial charge on any atom is 0.354 e. The number of hydrogen-bond acceptors (Lipinski definition) is 6. The number of nitrogens with one attached hydrogen (secondary N) is 1. The lowest BCUT2D eigenvalue weighted by atomic mass is 10.3. The number of para-hydroxylation sites is 2. The summed E-state index contributed by atoms with van der Waals surface area (Å²) in [7, 11) is 0. The standard InChI is InChI=1S/C17H10BrFN6O2/c18-10-5-6-12(11(19)7-10)23-16-15(25(26)27)17(21-8-20-16)24-9-22-13-3-1-2-4-14(13)24/h1-9H,(H,20,21,23). The van der Waals surface area contributed by atoms with Gasteiger partial charge in [-0.1, -0.05) is 28.1 Å². The van der Waals surface area contributed by atoms with E-state index >= 15 is 0 Å². The van der Waals surface area contributed by atoms with Gasteiger partial charge in [0.2, 0.25) is 11.6 Å². The number of nitro groups is 1. The Morgan fingerprint density at radius 1 is 1.15 bits per heavy atom. The molecule has 8 nitrogen and oxygen atoms in total. The minimum Gasteiger partial charge on any atom is -0.332 e. The molecular formula is C17H10BrFN6O2. The van der Waals surface area contributed by atoms with Gasteiger partial charge in [-0.25, -0.2) is 19.3 Å². The molecule has 0 saturated carbocycles. The Bertz CT molecular complexity index is 1180. The SMILES string of the molecule is O=[N+]([O-])c1c(Nc2ccc(Br)cc2F)ncnc1-n1cnc2ccccc21. The molecule has 0 spiro atoms. The molecule has 0 saturated heterocycles. The Morgan fingerprint density at radius 3 is 2.74 bits per heavy atom. The molecule has 2 aromatic heterocycles. The van der Waals surface area contributed by atoms with Crippen LogP contribution in [0.5, 0.6) is 0 Å². The molecule has 27 heavy (non-hydrogen) atoms. The summed E-state index contributed by atoms with van der Waals surface area (Å²) >= 11 is 3.17. The van der Waals surface area contributed by atoms with E-state index in [4.69, 9.17) is 0 Å². The van der Waals surface area contributed by atoms with E-state index in [0.29, 0.717) is 15.5 Å². The fourth-order valence-corrected chi connectivity index (χ4v) is 2.98. The number of nitrogens with zero attached hydrogens (tertiary/aromatic N) is 5. The third-order valence-electron chi connectivity index (χ3n) is 3.85.